The van der Waals surface area contributed by atoms with E-state index >= 15 is 0 Å². The van der Waals surface area contributed by atoms with Crippen molar-refractivity contribution >= 4 is 17.3 Å². The number of aryl methyl sites for hydroxylation is 1. The smallest absolute Gasteiger partial charge is 0.323 e. The Balaban J connectivity index is 3.34. The third-order valence-corrected chi connectivity index (χ3v) is 2.47. The third kappa shape index (κ3) is 3.51. The number of benzene rings is 1. The second-order valence-electron chi connectivity index (χ2n) is 3.91. The molecule has 0 unspecified atom stereocenters. The van der Waals surface area contributed by atoms with Crippen LogP contribution in [0.25, 0.3) is 0 Å². The van der Waals surface area contributed by atoms with E-state index in [2.05, 4.69) is 6.58 Å². The van der Waals surface area contributed by atoms with Gasteiger partial charge in [-0.25, -0.2) is 4.39 Å². The lowest BCUT2D eigenvalue weighted by Gasteiger charge is -2.21. The minimum atomic E-state index is -1.14. The van der Waals surface area contributed by atoms with Crippen LogP contribution >= 0.6 is 0 Å². The maximum atomic E-state index is 13.4. The van der Waals surface area contributed by atoms with Gasteiger partial charge in [0.2, 0.25) is 0 Å². The number of halogens is 1. The molecule has 1 N–H and O–H groups in total. The van der Waals surface area contributed by atoms with Gasteiger partial charge < -0.3 is 10.0 Å². The van der Waals surface area contributed by atoms with E-state index in [1.807, 2.05) is 0 Å². The van der Waals surface area contributed by atoms with Crippen molar-refractivity contribution in [1.82, 2.24) is 0 Å². The van der Waals surface area contributed by atoms with Crippen LogP contribution in [0.5, 0.6) is 0 Å². The van der Waals surface area contributed by atoms with Gasteiger partial charge in [-0.3, -0.25) is 14.9 Å². The first-order valence-corrected chi connectivity index (χ1v) is 5.39. The van der Waals surface area contributed by atoms with Crippen molar-refractivity contribution in [2.45, 2.75) is 6.92 Å². The lowest BCUT2D eigenvalue weighted by Crippen LogP contribution is -2.30. The van der Waals surface area contributed by atoms with Gasteiger partial charge in [-0.05, 0) is 18.6 Å². The number of anilines is 1. The largest absolute Gasteiger partial charge is 0.480 e. The minimum absolute atomic E-state index is 0.0613. The average molecular weight is 268 g/mol. The monoisotopic (exact) mass is 268 g/mol. The van der Waals surface area contributed by atoms with Crippen LogP contribution in [-0.4, -0.2) is 29.1 Å². The van der Waals surface area contributed by atoms with Crippen LogP contribution in [0.2, 0.25) is 0 Å². The summed E-state index contributed by atoms with van der Waals surface area (Å²) in [6.45, 7) is 4.60. The molecule has 0 bridgehead atoms. The summed E-state index contributed by atoms with van der Waals surface area (Å²) in [5.41, 5.74) is -0.197. The van der Waals surface area contributed by atoms with Gasteiger partial charge in [0, 0.05) is 6.54 Å². The molecule has 0 saturated heterocycles. The fraction of sp³-hybridized carbons (Fsp3) is 0.250. The summed E-state index contributed by atoms with van der Waals surface area (Å²) >= 11 is 0. The number of carbonyl (C=O) groups is 1. The molecule has 0 saturated carbocycles. The number of nitrogens with zero attached hydrogens (tertiary/aromatic N) is 2. The SMILES string of the molecule is C=CCN(CC(=O)O)c1cc(C)c(F)cc1[N+](=O)[O-]. The van der Waals surface area contributed by atoms with Gasteiger partial charge in [0.25, 0.3) is 5.69 Å². The molecule has 6 nitrogen and oxygen atoms in total. The topological polar surface area (TPSA) is 83.7 Å². The molecule has 7 heteroatoms. The number of aliphatic carboxylic acids is 1. The summed E-state index contributed by atoms with van der Waals surface area (Å²) < 4.78 is 13.4. The molecular formula is C12H13FN2O4. The molecule has 1 rings (SSSR count). The maximum Gasteiger partial charge on any atom is 0.323 e. The van der Waals surface area contributed by atoms with E-state index in [0.717, 1.165) is 6.07 Å². The third-order valence-electron chi connectivity index (χ3n) is 2.47. The Morgan fingerprint density at radius 1 is 1.63 bits per heavy atom. The van der Waals surface area contributed by atoms with Crippen molar-refractivity contribution in [2.75, 3.05) is 18.0 Å². The molecule has 19 heavy (non-hydrogen) atoms. The van der Waals surface area contributed by atoms with Crippen LogP contribution < -0.4 is 4.90 Å². The zero-order chi connectivity index (χ0) is 14.6. The summed E-state index contributed by atoms with van der Waals surface area (Å²) in [6, 6.07) is 2.06. The highest BCUT2D eigenvalue weighted by Crippen LogP contribution is 2.30. The lowest BCUT2D eigenvalue weighted by atomic mass is 10.1. The first kappa shape index (κ1) is 14.6. The van der Waals surface area contributed by atoms with Crippen molar-refractivity contribution in [1.29, 1.82) is 0 Å². The lowest BCUT2D eigenvalue weighted by molar-refractivity contribution is -0.384. The highest BCUT2D eigenvalue weighted by atomic mass is 19.1. The zero-order valence-electron chi connectivity index (χ0n) is 10.3. The summed E-state index contributed by atoms with van der Waals surface area (Å²) in [5, 5.41) is 19.7. The number of hydrogen-bond donors (Lipinski definition) is 1. The van der Waals surface area contributed by atoms with Crippen LogP contribution in [0.3, 0.4) is 0 Å². The second-order valence-corrected chi connectivity index (χ2v) is 3.91. The Morgan fingerprint density at radius 3 is 2.74 bits per heavy atom. The maximum absolute atomic E-state index is 13.4. The van der Waals surface area contributed by atoms with Crippen LogP contribution in [0.1, 0.15) is 5.56 Å². The summed E-state index contributed by atoms with van der Waals surface area (Å²) in [5.74, 6) is -1.84. The Kier molecular flexibility index (Phi) is 4.57. The van der Waals surface area contributed by atoms with Crippen molar-refractivity contribution in [3.05, 3.63) is 46.3 Å². The van der Waals surface area contributed by atoms with Gasteiger partial charge in [0.05, 0.1) is 11.0 Å². The average Bonchev–Trinajstić information content (AvgIpc) is 2.30. The van der Waals surface area contributed by atoms with Crippen molar-refractivity contribution < 1.29 is 19.2 Å². The van der Waals surface area contributed by atoms with Crippen LogP contribution in [-0.2, 0) is 4.79 Å². The molecule has 0 fully saturated rings. The number of hydrogen-bond acceptors (Lipinski definition) is 4. The normalized spacial score (nSPS) is 10.0. The summed E-state index contributed by atoms with van der Waals surface area (Å²) in [4.78, 5) is 22.2. The van der Waals surface area contributed by atoms with Crippen LogP contribution in [0, 0.1) is 22.9 Å². The second kappa shape index (κ2) is 5.94. The number of rotatable bonds is 6. The minimum Gasteiger partial charge on any atom is -0.480 e. The number of carboxylic acid groups (broad SMARTS) is 1. The predicted octanol–water partition coefficient (Wildman–Crippen LogP) is 2.12. The number of carboxylic acids is 1. The van der Waals surface area contributed by atoms with Gasteiger partial charge in [0.15, 0.2) is 0 Å². The molecule has 0 heterocycles. The van der Waals surface area contributed by atoms with E-state index in [1.165, 1.54) is 24.0 Å². The quantitative estimate of drug-likeness (QED) is 0.485. The van der Waals surface area contributed by atoms with Crippen LogP contribution in [0.4, 0.5) is 15.8 Å². The molecular weight excluding hydrogens is 255 g/mol. The molecule has 0 aliphatic carbocycles. The van der Waals surface area contributed by atoms with E-state index in [-0.39, 0.29) is 17.8 Å². The molecule has 0 amide bonds. The Morgan fingerprint density at radius 2 is 2.26 bits per heavy atom. The molecule has 0 atom stereocenters. The van der Waals surface area contributed by atoms with Crippen LogP contribution in [0.15, 0.2) is 24.8 Å². The number of nitro groups is 1. The fourth-order valence-corrected chi connectivity index (χ4v) is 1.62. The van der Waals surface area contributed by atoms with Gasteiger partial charge in [-0.1, -0.05) is 6.08 Å². The van der Waals surface area contributed by atoms with Gasteiger partial charge in [-0.15, -0.1) is 6.58 Å². The first-order valence-electron chi connectivity index (χ1n) is 5.39. The number of nitro benzene ring substituents is 1. The van der Waals surface area contributed by atoms with Crippen molar-refractivity contribution in [3.63, 3.8) is 0 Å². The molecule has 1 aromatic carbocycles. The first-order chi connectivity index (χ1) is 8.86. The van der Waals surface area contributed by atoms with Gasteiger partial charge in [0.1, 0.15) is 18.0 Å². The predicted molar refractivity (Wildman–Crippen MR) is 67.8 cm³/mol. The van der Waals surface area contributed by atoms with E-state index in [9.17, 15) is 19.3 Å². The van der Waals surface area contributed by atoms with Gasteiger partial charge in [-0.2, -0.15) is 0 Å². The molecule has 102 valence electrons. The Labute approximate surface area is 108 Å². The van der Waals surface area contributed by atoms with E-state index in [0.29, 0.717) is 0 Å². The summed E-state index contributed by atoms with van der Waals surface area (Å²) in [7, 11) is 0. The molecule has 0 spiro atoms. The fourth-order valence-electron chi connectivity index (χ4n) is 1.62. The van der Waals surface area contributed by atoms with E-state index in [1.54, 1.807) is 0 Å². The standard InChI is InChI=1S/C12H13FN2O4/c1-3-4-14(7-12(16)17)10-5-8(2)9(13)6-11(10)15(18)19/h3,5-6H,1,4,7H2,2H3,(H,16,17). The van der Waals surface area contributed by atoms with Gasteiger partial charge >= 0.3 is 5.97 Å². The Hall–Kier alpha value is -2.44. The molecule has 0 aromatic heterocycles. The molecule has 0 radical (unpaired) electrons. The van der Waals surface area contributed by atoms with Crippen molar-refractivity contribution in [3.8, 4) is 0 Å². The molecule has 1 aromatic rings. The van der Waals surface area contributed by atoms with E-state index in [4.69, 9.17) is 5.11 Å². The zero-order valence-corrected chi connectivity index (χ0v) is 10.3. The highest BCUT2D eigenvalue weighted by Gasteiger charge is 2.22. The highest BCUT2D eigenvalue weighted by molar-refractivity contribution is 5.76. The molecule has 0 aliphatic rings. The van der Waals surface area contributed by atoms with Crippen molar-refractivity contribution in [2.24, 2.45) is 0 Å². The Bertz CT molecular complexity index is 531. The molecule has 0 aliphatic heterocycles. The summed E-state index contributed by atoms with van der Waals surface area (Å²) in [6.07, 6.45) is 1.42. The van der Waals surface area contributed by atoms with E-state index < -0.39 is 28.9 Å².